The summed E-state index contributed by atoms with van der Waals surface area (Å²) >= 11 is 0. The highest BCUT2D eigenvalue weighted by Crippen LogP contribution is 2.38. The molecule has 7 heteroatoms. The lowest BCUT2D eigenvalue weighted by Gasteiger charge is -2.22. The first-order chi connectivity index (χ1) is 13.7. The Labute approximate surface area is 167 Å². The number of aryl methyl sites for hydroxylation is 1. The van der Waals surface area contributed by atoms with Gasteiger partial charge < -0.3 is 4.74 Å². The molecule has 2 heterocycles. The summed E-state index contributed by atoms with van der Waals surface area (Å²) in [5, 5.41) is 4.22. The third-order valence-corrected chi connectivity index (χ3v) is 4.34. The van der Waals surface area contributed by atoms with Crippen molar-refractivity contribution in [2.24, 2.45) is 0 Å². The fourth-order valence-electron chi connectivity index (χ4n) is 3.32. The third-order valence-electron chi connectivity index (χ3n) is 4.34. The van der Waals surface area contributed by atoms with Crippen molar-refractivity contribution in [3.63, 3.8) is 0 Å². The highest BCUT2D eigenvalue weighted by atomic mass is 19.1. The molecule has 2 aromatic heterocycles. The maximum absolute atomic E-state index is 15.2. The molecule has 4 aromatic rings. The van der Waals surface area contributed by atoms with Crippen molar-refractivity contribution in [2.45, 2.75) is 33.3 Å². The number of nitrogens with zero attached hydrogens (tertiary/aromatic N) is 4. The topological polar surface area (TPSA) is 52.3 Å². The maximum Gasteiger partial charge on any atom is 0.252 e. The van der Waals surface area contributed by atoms with Crippen LogP contribution in [0.2, 0.25) is 0 Å². The number of halogens is 2. The minimum Gasteiger partial charge on any atom is -0.488 e. The van der Waals surface area contributed by atoms with Gasteiger partial charge in [-0.1, -0.05) is 30.3 Å². The zero-order chi connectivity index (χ0) is 20.8. The van der Waals surface area contributed by atoms with Gasteiger partial charge in [0.2, 0.25) is 0 Å². The molecular weight excluding hydrogens is 374 g/mol. The minimum absolute atomic E-state index is 0.130. The van der Waals surface area contributed by atoms with E-state index >= 15 is 8.78 Å². The zero-order valence-corrected chi connectivity index (χ0v) is 16.6. The van der Waals surface area contributed by atoms with Crippen LogP contribution in [0, 0.1) is 18.6 Å². The average molecular weight is 394 g/mol. The number of hydrogen-bond acceptors (Lipinski definition) is 4. The minimum atomic E-state index is -0.731. The molecule has 2 aromatic carbocycles. The Morgan fingerprint density at radius 1 is 0.966 bits per heavy atom. The number of rotatable bonds is 3. The van der Waals surface area contributed by atoms with Gasteiger partial charge in [-0.05, 0) is 27.7 Å². The molecule has 0 spiro atoms. The van der Waals surface area contributed by atoms with Crippen LogP contribution in [0.1, 0.15) is 26.5 Å². The molecule has 0 bridgehead atoms. The summed E-state index contributed by atoms with van der Waals surface area (Å²) < 4.78 is 37.5. The van der Waals surface area contributed by atoms with Gasteiger partial charge in [0.05, 0.1) is 17.0 Å². The van der Waals surface area contributed by atoms with Crippen molar-refractivity contribution < 1.29 is 13.5 Å². The molecule has 0 aliphatic heterocycles. The lowest BCUT2D eigenvalue weighted by atomic mass is 9.96. The van der Waals surface area contributed by atoms with Gasteiger partial charge in [-0.15, -0.1) is 0 Å². The van der Waals surface area contributed by atoms with Gasteiger partial charge in [0.1, 0.15) is 29.3 Å². The summed E-state index contributed by atoms with van der Waals surface area (Å²) in [6.07, 6.45) is 1.37. The van der Waals surface area contributed by atoms with Gasteiger partial charge in [-0.3, -0.25) is 0 Å². The molecule has 4 rings (SSSR count). The van der Waals surface area contributed by atoms with E-state index in [-0.39, 0.29) is 11.3 Å². The molecule has 148 valence electrons. The van der Waals surface area contributed by atoms with E-state index in [0.29, 0.717) is 22.7 Å². The van der Waals surface area contributed by atoms with Crippen LogP contribution in [0.15, 0.2) is 48.8 Å². The van der Waals surface area contributed by atoms with Crippen LogP contribution in [-0.2, 0) is 0 Å². The third kappa shape index (κ3) is 3.55. The first kappa shape index (κ1) is 19.0. The van der Waals surface area contributed by atoms with Crippen LogP contribution >= 0.6 is 0 Å². The van der Waals surface area contributed by atoms with Crippen molar-refractivity contribution in [2.75, 3.05) is 0 Å². The fourth-order valence-corrected chi connectivity index (χ4v) is 3.32. The van der Waals surface area contributed by atoms with E-state index in [0.717, 1.165) is 5.56 Å². The lowest BCUT2D eigenvalue weighted by molar-refractivity contribution is 0.130. The molecule has 0 aliphatic carbocycles. The molecule has 0 saturated heterocycles. The Morgan fingerprint density at radius 3 is 2.24 bits per heavy atom. The largest absolute Gasteiger partial charge is 0.488 e. The molecule has 0 aliphatic rings. The molecule has 0 radical (unpaired) electrons. The average Bonchev–Trinajstić information content (AvgIpc) is 3.08. The molecule has 0 amide bonds. The maximum atomic E-state index is 15.2. The molecule has 0 N–H and O–H groups in total. The molecule has 29 heavy (non-hydrogen) atoms. The number of hydrogen-bond donors (Lipinski definition) is 0. The van der Waals surface area contributed by atoms with Gasteiger partial charge in [-0.25, -0.2) is 13.8 Å². The highest BCUT2D eigenvalue weighted by Gasteiger charge is 2.25. The van der Waals surface area contributed by atoms with Gasteiger partial charge in [0, 0.05) is 23.3 Å². The van der Waals surface area contributed by atoms with Crippen LogP contribution in [0.5, 0.6) is 5.75 Å². The molecule has 0 unspecified atom stereocenters. The summed E-state index contributed by atoms with van der Waals surface area (Å²) in [7, 11) is 0. The quantitative estimate of drug-likeness (QED) is 0.478. The van der Waals surface area contributed by atoms with Gasteiger partial charge in [0.25, 0.3) is 5.78 Å². The van der Waals surface area contributed by atoms with E-state index in [1.54, 1.807) is 6.92 Å². The van der Waals surface area contributed by atoms with E-state index in [2.05, 4.69) is 15.1 Å². The zero-order valence-electron chi connectivity index (χ0n) is 16.6. The smallest absolute Gasteiger partial charge is 0.252 e. The second-order valence-corrected chi connectivity index (χ2v) is 7.74. The first-order valence-corrected chi connectivity index (χ1v) is 9.19. The number of ether oxygens (including phenoxy) is 1. The van der Waals surface area contributed by atoms with E-state index in [1.165, 1.54) is 23.0 Å². The molecule has 5 nitrogen and oxygen atoms in total. The van der Waals surface area contributed by atoms with E-state index in [4.69, 9.17) is 4.74 Å². The normalized spacial score (nSPS) is 11.8. The highest BCUT2D eigenvalue weighted by molar-refractivity contribution is 5.84. The van der Waals surface area contributed by atoms with Crippen molar-refractivity contribution in [3.05, 3.63) is 66.1 Å². The van der Waals surface area contributed by atoms with Crippen LogP contribution in [-0.4, -0.2) is 25.2 Å². The van der Waals surface area contributed by atoms with Crippen molar-refractivity contribution in [3.8, 4) is 28.1 Å². The Morgan fingerprint density at radius 2 is 1.62 bits per heavy atom. The Bertz CT molecular complexity index is 1170. The summed E-state index contributed by atoms with van der Waals surface area (Å²) in [4.78, 5) is 8.52. The first-order valence-electron chi connectivity index (χ1n) is 9.19. The van der Waals surface area contributed by atoms with Crippen LogP contribution in [0.4, 0.5) is 8.78 Å². The Balaban J connectivity index is 2.01. The number of fused-ring (bicyclic) bond motifs is 1. The van der Waals surface area contributed by atoms with Crippen molar-refractivity contribution >= 4 is 5.78 Å². The monoisotopic (exact) mass is 394 g/mol. The summed E-state index contributed by atoms with van der Waals surface area (Å²) in [5.74, 6) is -0.972. The summed E-state index contributed by atoms with van der Waals surface area (Å²) in [5.41, 5.74) is 1.29. The van der Waals surface area contributed by atoms with E-state index in [9.17, 15) is 0 Å². The predicted molar refractivity (Wildman–Crippen MR) is 107 cm³/mol. The second-order valence-electron chi connectivity index (χ2n) is 7.74. The molecule has 0 fully saturated rings. The van der Waals surface area contributed by atoms with Crippen LogP contribution < -0.4 is 4.74 Å². The number of benzene rings is 2. The van der Waals surface area contributed by atoms with Crippen molar-refractivity contribution in [1.29, 1.82) is 0 Å². The second kappa shape index (κ2) is 6.92. The van der Waals surface area contributed by atoms with Gasteiger partial charge in [0.15, 0.2) is 0 Å². The number of aromatic nitrogens is 4. The Hall–Kier alpha value is -3.35. The molecule has 0 saturated carbocycles. The SMILES string of the molecule is Cc1nc2ncnn2c(-c2ccccc2)c1-c1c(F)cc(OC(C)(C)C)cc1F. The lowest BCUT2D eigenvalue weighted by Crippen LogP contribution is -2.23. The van der Waals surface area contributed by atoms with Crippen LogP contribution in [0.25, 0.3) is 28.2 Å². The Kier molecular flexibility index (Phi) is 4.53. The van der Waals surface area contributed by atoms with Gasteiger partial charge in [-0.2, -0.15) is 14.6 Å². The molecular formula is C22H20F2N4O. The van der Waals surface area contributed by atoms with Crippen LogP contribution in [0.3, 0.4) is 0 Å². The standard InChI is InChI=1S/C22H20F2N4O/c1-13-18(19-16(23)10-15(11-17(19)24)29-22(2,3)4)20(14-8-6-5-7-9-14)28-21(27-13)25-12-26-28/h5-12H,1-4H3. The van der Waals surface area contributed by atoms with Gasteiger partial charge >= 0.3 is 0 Å². The van der Waals surface area contributed by atoms with E-state index < -0.39 is 17.2 Å². The molecule has 0 atom stereocenters. The fraction of sp³-hybridized carbons (Fsp3) is 0.227. The van der Waals surface area contributed by atoms with E-state index in [1.807, 2.05) is 51.1 Å². The summed E-state index contributed by atoms with van der Waals surface area (Å²) in [6.45, 7) is 7.15. The summed E-state index contributed by atoms with van der Waals surface area (Å²) in [6, 6.07) is 11.7. The van der Waals surface area contributed by atoms with Crippen molar-refractivity contribution in [1.82, 2.24) is 19.6 Å². The predicted octanol–water partition coefficient (Wildman–Crippen LogP) is 5.22.